The summed E-state index contributed by atoms with van der Waals surface area (Å²) in [6.45, 7) is 2.01. The molecule has 3 N–H and O–H groups in total. The average molecular weight is 285 g/mol. The molecule has 0 aliphatic heterocycles. The largest absolute Gasteiger partial charge is 0.374 e. The second-order valence-corrected chi connectivity index (χ2v) is 6.49. The van der Waals surface area contributed by atoms with E-state index in [4.69, 9.17) is 5.73 Å². The van der Waals surface area contributed by atoms with Gasteiger partial charge < -0.3 is 5.73 Å². The van der Waals surface area contributed by atoms with E-state index in [1.54, 1.807) is 12.3 Å². The summed E-state index contributed by atoms with van der Waals surface area (Å²) < 4.78 is 25.9. The van der Waals surface area contributed by atoms with Gasteiger partial charge in [0.15, 0.2) is 0 Å². The van der Waals surface area contributed by atoms with E-state index < -0.39 is 10.0 Å². The maximum atomic E-state index is 11.8. The summed E-state index contributed by atoms with van der Waals surface area (Å²) in [7, 11) is -3.66. The van der Waals surface area contributed by atoms with Gasteiger partial charge in [0.1, 0.15) is 0 Å². The standard InChI is InChI=1S/C9H11N5O2S2/c1-6-2-3-7(4-11-6)5-12-18(15,16)9-14-13-8(10)17-9/h2-4,12H,5H2,1H3,(H2,10,13). The van der Waals surface area contributed by atoms with Crippen molar-refractivity contribution in [3.8, 4) is 0 Å². The Morgan fingerprint density at radius 1 is 1.39 bits per heavy atom. The minimum Gasteiger partial charge on any atom is -0.374 e. The van der Waals surface area contributed by atoms with Gasteiger partial charge in [0.2, 0.25) is 9.47 Å². The van der Waals surface area contributed by atoms with Gasteiger partial charge in [-0.3, -0.25) is 4.98 Å². The number of aryl methyl sites for hydroxylation is 1. The number of hydrogen-bond donors (Lipinski definition) is 2. The highest BCUT2D eigenvalue weighted by atomic mass is 32.2. The quantitative estimate of drug-likeness (QED) is 0.836. The van der Waals surface area contributed by atoms with E-state index in [9.17, 15) is 8.42 Å². The van der Waals surface area contributed by atoms with E-state index in [-0.39, 0.29) is 16.0 Å². The number of aromatic nitrogens is 3. The highest BCUT2D eigenvalue weighted by Gasteiger charge is 2.18. The first-order valence-corrected chi connectivity index (χ1v) is 7.27. The highest BCUT2D eigenvalue weighted by Crippen LogP contribution is 2.16. The predicted molar refractivity (Wildman–Crippen MR) is 67.3 cm³/mol. The maximum Gasteiger partial charge on any atom is 0.270 e. The first kappa shape index (κ1) is 12.9. The Balaban J connectivity index is 2.08. The fourth-order valence-electron chi connectivity index (χ4n) is 1.17. The van der Waals surface area contributed by atoms with E-state index in [1.807, 2.05) is 13.0 Å². The number of nitrogen functional groups attached to an aromatic ring is 1. The smallest absolute Gasteiger partial charge is 0.270 e. The Bertz CT molecular complexity index is 635. The first-order valence-electron chi connectivity index (χ1n) is 4.97. The van der Waals surface area contributed by atoms with Gasteiger partial charge in [-0.1, -0.05) is 17.4 Å². The zero-order valence-electron chi connectivity index (χ0n) is 9.49. The lowest BCUT2D eigenvalue weighted by molar-refractivity contribution is 0.579. The van der Waals surface area contributed by atoms with Crippen LogP contribution in [0.25, 0.3) is 0 Å². The van der Waals surface area contributed by atoms with Crippen molar-refractivity contribution < 1.29 is 8.42 Å². The number of rotatable bonds is 4. The van der Waals surface area contributed by atoms with E-state index in [0.29, 0.717) is 0 Å². The molecular formula is C9H11N5O2S2. The van der Waals surface area contributed by atoms with Gasteiger partial charge in [-0.2, -0.15) is 0 Å². The summed E-state index contributed by atoms with van der Waals surface area (Å²) in [6, 6.07) is 3.62. The first-order chi connectivity index (χ1) is 8.47. The van der Waals surface area contributed by atoms with Gasteiger partial charge in [0.25, 0.3) is 10.0 Å². The Hall–Kier alpha value is -1.58. The molecule has 0 saturated carbocycles. The average Bonchev–Trinajstić information content (AvgIpc) is 2.76. The van der Waals surface area contributed by atoms with Crippen molar-refractivity contribution in [3.63, 3.8) is 0 Å². The maximum absolute atomic E-state index is 11.8. The van der Waals surface area contributed by atoms with Crippen LogP contribution in [0.3, 0.4) is 0 Å². The summed E-state index contributed by atoms with van der Waals surface area (Å²) in [5, 5.41) is 7.07. The molecule has 96 valence electrons. The van der Waals surface area contributed by atoms with Crippen molar-refractivity contribution in [2.24, 2.45) is 0 Å². The number of nitrogens with two attached hydrogens (primary N) is 1. The van der Waals surface area contributed by atoms with E-state index in [0.717, 1.165) is 22.6 Å². The predicted octanol–water partition coefficient (Wildman–Crippen LogP) is 0.302. The number of sulfonamides is 1. The molecule has 0 atom stereocenters. The molecule has 18 heavy (non-hydrogen) atoms. The molecule has 0 bridgehead atoms. The van der Waals surface area contributed by atoms with Crippen LogP contribution >= 0.6 is 11.3 Å². The van der Waals surface area contributed by atoms with Crippen LogP contribution in [0.15, 0.2) is 22.7 Å². The molecule has 0 amide bonds. The summed E-state index contributed by atoms with van der Waals surface area (Å²) in [5.74, 6) is 0. The minimum atomic E-state index is -3.66. The van der Waals surface area contributed by atoms with Crippen molar-refractivity contribution in [2.75, 3.05) is 5.73 Å². The summed E-state index contributed by atoms with van der Waals surface area (Å²) in [6.07, 6.45) is 1.62. The molecule has 0 aliphatic rings. The van der Waals surface area contributed by atoms with Gasteiger partial charge in [-0.05, 0) is 18.6 Å². The van der Waals surface area contributed by atoms with Gasteiger partial charge in [0.05, 0.1) is 0 Å². The Labute approximate surface area is 108 Å². The Morgan fingerprint density at radius 2 is 2.17 bits per heavy atom. The van der Waals surface area contributed by atoms with Gasteiger partial charge >= 0.3 is 0 Å². The molecule has 2 heterocycles. The fraction of sp³-hybridized carbons (Fsp3) is 0.222. The van der Waals surface area contributed by atoms with Crippen LogP contribution in [0.2, 0.25) is 0 Å². The second-order valence-electron chi connectivity index (χ2n) is 3.54. The van der Waals surface area contributed by atoms with Crippen LogP contribution in [0.5, 0.6) is 0 Å². The molecule has 0 aliphatic carbocycles. The van der Waals surface area contributed by atoms with Crippen molar-refractivity contribution in [3.05, 3.63) is 29.6 Å². The minimum absolute atomic E-state index is 0.118. The lowest BCUT2D eigenvalue weighted by Gasteiger charge is -2.03. The van der Waals surface area contributed by atoms with Crippen LogP contribution in [-0.4, -0.2) is 23.6 Å². The molecule has 0 unspecified atom stereocenters. The molecule has 7 nitrogen and oxygen atoms in total. The molecule has 0 radical (unpaired) electrons. The van der Waals surface area contributed by atoms with Crippen molar-refractivity contribution in [1.82, 2.24) is 19.9 Å². The summed E-state index contributed by atoms with van der Waals surface area (Å²) in [4.78, 5) is 4.08. The SMILES string of the molecule is Cc1ccc(CNS(=O)(=O)c2nnc(N)s2)cn1. The topological polar surface area (TPSA) is 111 Å². The molecule has 2 rings (SSSR count). The zero-order chi connectivity index (χ0) is 13.2. The van der Waals surface area contributed by atoms with Crippen molar-refractivity contribution in [1.29, 1.82) is 0 Å². The highest BCUT2D eigenvalue weighted by molar-refractivity contribution is 7.91. The number of anilines is 1. The third kappa shape index (κ3) is 3.00. The monoisotopic (exact) mass is 285 g/mol. The van der Waals surface area contributed by atoms with Gasteiger partial charge in [-0.25, -0.2) is 13.1 Å². The van der Waals surface area contributed by atoms with E-state index >= 15 is 0 Å². The molecule has 2 aromatic heterocycles. The van der Waals surface area contributed by atoms with Gasteiger partial charge in [0, 0.05) is 18.4 Å². The molecule has 9 heteroatoms. The van der Waals surface area contributed by atoms with Crippen molar-refractivity contribution >= 4 is 26.5 Å². The van der Waals surface area contributed by atoms with Crippen LogP contribution < -0.4 is 10.5 Å². The van der Waals surface area contributed by atoms with E-state index in [2.05, 4.69) is 19.9 Å². The van der Waals surface area contributed by atoms with Crippen molar-refractivity contribution in [2.45, 2.75) is 17.8 Å². The van der Waals surface area contributed by atoms with Crippen LogP contribution in [0.4, 0.5) is 5.13 Å². The third-order valence-electron chi connectivity index (χ3n) is 2.09. The van der Waals surface area contributed by atoms with Gasteiger partial charge in [-0.15, -0.1) is 10.2 Å². The number of nitrogens with one attached hydrogen (secondary N) is 1. The Morgan fingerprint density at radius 3 is 2.72 bits per heavy atom. The number of pyridine rings is 1. The molecule has 0 fully saturated rings. The summed E-state index contributed by atoms with van der Waals surface area (Å²) in [5.41, 5.74) is 6.98. The number of nitrogens with zero attached hydrogens (tertiary/aromatic N) is 3. The van der Waals surface area contributed by atoms with Crippen LogP contribution in [-0.2, 0) is 16.6 Å². The lowest BCUT2D eigenvalue weighted by Crippen LogP contribution is -2.23. The Kier molecular flexibility index (Phi) is 3.55. The van der Waals surface area contributed by atoms with E-state index in [1.165, 1.54) is 0 Å². The molecule has 0 saturated heterocycles. The van der Waals surface area contributed by atoms with Crippen LogP contribution in [0.1, 0.15) is 11.3 Å². The normalized spacial score (nSPS) is 11.6. The molecule has 0 spiro atoms. The molecule has 0 aromatic carbocycles. The number of hydrogen-bond acceptors (Lipinski definition) is 7. The second kappa shape index (κ2) is 4.96. The molecular weight excluding hydrogens is 274 g/mol. The molecule has 2 aromatic rings. The third-order valence-corrected chi connectivity index (χ3v) is 4.61. The zero-order valence-corrected chi connectivity index (χ0v) is 11.1. The van der Waals surface area contributed by atoms with Crippen LogP contribution in [0, 0.1) is 6.92 Å². The summed E-state index contributed by atoms with van der Waals surface area (Å²) >= 11 is 0.822. The fourth-order valence-corrected chi connectivity index (χ4v) is 3.01. The lowest BCUT2D eigenvalue weighted by atomic mass is 10.2.